The van der Waals surface area contributed by atoms with Gasteiger partial charge in [0.1, 0.15) is 6.10 Å². The minimum Gasteiger partial charge on any atom is -0.364 e. The molecule has 2 atom stereocenters. The number of hydrogen-bond donors (Lipinski definition) is 2. The van der Waals surface area contributed by atoms with E-state index in [0.29, 0.717) is 19.4 Å². The highest BCUT2D eigenvalue weighted by atomic mass is 32.1. The molecule has 1 fully saturated rings. The molecule has 0 spiro atoms. The molecule has 9 heteroatoms. The van der Waals surface area contributed by atoms with E-state index in [2.05, 4.69) is 10.3 Å². The van der Waals surface area contributed by atoms with Gasteiger partial charge in [-0.1, -0.05) is 18.2 Å². The van der Waals surface area contributed by atoms with E-state index in [9.17, 15) is 18.0 Å². The number of benzene rings is 1. The van der Waals surface area contributed by atoms with Crippen LogP contribution >= 0.6 is 11.3 Å². The number of nitrogens with two attached hydrogens (primary N) is 1. The molecule has 134 valence electrons. The van der Waals surface area contributed by atoms with Crippen LogP contribution in [0.15, 0.2) is 29.6 Å². The molecule has 3 N–H and O–H groups in total. The summed E-state index contributed by atoms with van der Waals surface area (Å²) in [6, 6.07) is 5.20. The second kappa shape index (κ2) is 7.11. The quantitative estimate of drug-likeness (QED) is 0.865. The van der Waals surface area contributed by atoms with Gasteiger partial charge in [0.25, 0.3) is 5.91 Å². The van der Waals surface area contributed by atoms with Gasteiger partial charge in [-0.25, -0.2) is 4.98 Å². The van der Waals surface area contributed by atoms with E-state index in [1.54, 1.807) is 0 Å². The third-order valence-electron chi connectivity index (χ3n) is 3.91. The molecule has 1 aliphatic heterocycles. The first-order chi connectivity index (χ1) is 11.9. The highest BCUT2D eigenvalue weighted by molar-refractivity contribution is 7.14. The second-order valence-corrected chi connectivity index (χ2v) is 6.49. The Hall–Kier alpha value is -1.97. The van der Waals surface area contributed by atoms with E-state index in [-0.39, 0.29) is 28.4 Å². The number of alkyl halides is 3. The van der Waals surface area contributed by atoms with E-state index in [1.165, 1.54) is 23.6 Å². The number of carbonyl (C=O) groups is 1. The number of nitrogens with zero attached hydrogens (tertiary/aromatic N) is 1. The van der Waals surface area contributed by atoms with Crippen molar-refractivity contribution in [1.29, 1.82) is 0 Å². The van der Waals surface area contributed by atoms with Gasteiger partial charge in [0.05, 0.1) is 17.4 Å². The van der Waals surface area contributed by atoms with Crippen LogP contribution < -0.4 is 11.1 Å². The van der Waals surface area contributed by atoms with Gasteiger partial charge in [-0.2, -0.15) is 13.2 Å². The van der Waals surface area contributed by atoms with Gasteiger partial charge in [-0.15, -0.1) is 11.3 Å². The molecule has 0 radical (unpaired) electrons. The number of ether oxygens (including phenoxy) is 1. The van der Waals surface area contributed by atoms with Gasteiger partial charge in [0.2, 0.25) is 0 Å². The lowest BCUT2D eigenvalue weighted by Gasteiger charge is -2.11. The van der Waals surface area contributed by atoms with E-state index in [0.717, 1.165) is 17.4 Å². The molecule has 3 rings (SSSR count). The van der Waals surface area contributed by atoms with Gasteiger partial charge in [-0.05, 0) is 18.9 Å². The summed E-state index contributed by atoms with van der Waals surface area (Å²) in [5.41, 5.74) is 4.89. The van der Waals surface area contributed by atoms with Crippen molar-refractivity contribution in [3.63, 3.8) is 0 Å². The average Bonchev–Trinajstić information content (AvgIpc) is 3.23. The molecule has 1 aromatic carbocycles. The zero-order valence-corrected chi connectivity index (χ0v) is 13.9. The minimum absolute atomic E-state index is 0.0212. The summed E-state index contributed by atoms with van der Waals surface area (Å²) >= 11 is 1.07. The summed E-state index contributed by atoms with van der Waals surface area (Å²) < 4.78 is 44.8. The summed E-state index contributed by atoms with van der Waals surface area (Å²) in [4.78, 5) is 16.3. The van der Waals surface area contributed by atoms with Gasteiger partial charge in [0.15, 0.2) is 5.13 Å². The largest absolute Gasteiger partial charge is 0.417 e. The maximum Gasteiger partial charge on any atom is 0.417 e. The monoisotopic (exact) mass is 371 g/mol. The first kappa shape index (κ1) is 17.8. The molecule has 0 saturated carbocycles. The summed E-state index contributed by atoms with van der Waals surface area (Å²) in [5.74, 6) is -0.360. The Morgan fingerprint density at radius 2 is 2.12 bits per heavy atom. The van der Waals surface area contributed by atoms with Crippen molar-refractivity contribution in [3.8, 4) is 11.3 Å². The Morgan fingerprint density at radius 3 is 2.80 bits per heavy atom. The van der Waals surface area contributed by atoms with Crippen molar-refractivity contribution >= 4 is 22.4 Å². The summed E-state index contributed by atoms with van der Waals surface area (Å²) in [6.45, 7) is 0.347. The molecular formula is C16H16F3N3O2S. The van der Waals surface area contributed by atoms with Crippen LogP contribution in [0, 0.1) is 0 Å². The third kappa shape index (κ3) is 4.00. The summed E-state index contributed by atoms with van der Waals surface area (Å²) in [6.07, 6.45) is -3.96. The smallest absolute Gasteiger partial charge is 0.364 e. The molecule has 1 aromatic heterocycles. The Balaban J connectivity index is 1.75. The Labute approximate surface area is 146 Å². The van der Waals surface area contributed by atoms with Crippen LogP contribution in [0.5, 0.6) is 0 Å². The average molecular weight is 371 g/mol. The first-order valence-corrected chi connectivity index (χ1v) is 8.55. The van der Waals surface area contributed by atoms with Crippen molar-refractivity contribution < 1.29 is 22.7 Å². The van der Waals surface area contributed by atoms with Crippen LogP contribution in [0.25, 0.3) is 11.3 Å². The van der Waals surface area contributed by atoms with Crippen LogP contribution in [-0.4, -0.2) is 29.6 Å². The lowest BCUT2D eigenvalue weighted by molar-refractivity contribution is -0.137. The third-order valence-corrected chi connectivity index (χ3v) is 4.66. The van der Waals surface area contributed by atoms with E-state index >= 15 is 0 Å². The predicted molar refractivity (Wildman–Crippen MR) is 88.1 cm³/mol. The molecule has 1 amide bonds. The number of hydrogen-bond acceptors (Lipinski definition) is 5. The molecule has 5 nitrogen and oxygen atoms in total. The molecule has 1 saturated heterocycles. The zero-order chi connectivity index (χ0) is 18.0. The Morgan fingerprint density at radius 1 is 1.36 bits per heavy atom. The highest BCUT2D eigenvalue weighted by Crippen LogP contribution is 2.37. The van der Waals surface area contributed by atoms with E-state index < -0.39 is 17.8 Å². The molecule has 2 heterocycles. The number of nitrogens with one attached hydrogen (secondary N) is 1. The van der Waals surface area contributed by atoms with Crippen molar-refractivity contribution in [1.82, 2.24) is 4.98 Å². The fraction of sp³-hybridized carbons (Fsp3) is 0.375. The predicted octanol–water partition coefficient (Wildman–Crippen LogP) is 3.27. The van der Waals surface area contributed by atoms with Crippen LogP contribution in [0.4, 0.5) is 18.3 Å². The fourth-order valence-corrected chi connectivity index (χ4v) is 3.38. The second-order valence-electron chi connectivity index (χ2n) is 5.63. The topological polar surface area (TPSA) is 77.2 Å². The lowest BCUT2D eigenvalue weighted by atomic mass is 10.1. The fourth-order valence-electron chi connectivity index (χ4n) is 2.67. The van der Waals surface area contributed by atoms with E-state index in [1.807, 2.05) is 0 Å². The molecule has 0 bridgehead atoms. The van der Waals surface area contributed by atoms with Crippen LogP contribution in [-0.2, 0) is 15.7 Å². The number of thiazole rings is 1. The van der Waals surface area contributed by atoms with Crippen molar-refractivity contribution in [2.24, 2.45) is 5.73 Å². The molecule has 0 unspecified atom stereocenters. The van der Waals surface area contributed by atoms with Gasteiger partial charge in [-0.3, -0.25) is 10.1 Å². The number of carbonyl (C=O) groups excluding carboxylic acids is 1. The molecular weight excluding hydrogens is 355 g/mol. The Bertz CT molecular complexity index is 763. The molecule has 25 heavy (non-hydrogen) atoms. The van der Waals surface area contributed by atoms with Crippen LogP contribution in [0.3, 0.4) is 0 Å². The minimum atomic E-state index is -4.47. The van der Waals surface area contributed by atoms with Gasteiger partial charge in [0, 0.05) is 17.5 Å². The van der Waals surface area contributed by atoms with Gasteiger partial charge < -0.3 is 10.5 Å². The lowest BCUT2D eigenvalue weighted by Crippen LogP contribution is -2.29. The molecule has 0 aliphatic carbocycles. The number of halogens is 3. The van der Waals surface area contributed by atoms with Crippen molar-refractivity contribution in [3.05, 3.63) is 35.2 Å². The Kier molecular flexibility index (Phi) is 5.07. The van der Waals surface area contributed by atoms with Crippen LogP contribution in [0.2, 0.25) is 0 Å². The summed E-state index contributed by atoms with van der Waals surface area (Å²) in [5, 5.41) is 4.32. The standard InChI is InChI=1S/C16H16F3N3O2S/c17-16(18,19)11-4-2-1-3-10(11)12-8-25-15(21-12)22-14(23)13-6-5-9(7-20)24-13/h1-4,8-9,13H,5-7,20H2,(H,21,22,23)/t9-,13+/m1/s1. The van der Waals surface area contributed by atoms with Crippen molar-refractivity contribution in [2.75, 3.05) is 11.9 Å². The molecule has 2 aromatic rings. The van der Waals surface area contributed by atoms with Crippen molar-refractivity contribution in [2.45, 2.75) is 31.2 Å². The molecule has 1 aliphatic rings. The maximum atomic E-state index is 13.1. The summed E-state index contributed by atoms with van der Waals surface area (Å²) in [7, 11) is 0. The van der Waals surface area contributed by atoms with Gasteiger partial charge >= 0.3 is 6.18 Å². The zero-order valence-electron chi connectivity index (χ0n) is 13.0. The van der Waals surface area contributed by atoms with Crippen LogP contribution in [0.1, 0.15) is 18.4 Å². The van der Waals surface area contributed by atoms with E-state index in [4.69, 9.17) is 10.5 Å². The number of anilines is 1. The number of rotatable bonds is 4. The normalized spacial score (nSPS) is 20.6. The highest BCUT2D eigenvalue weighted by Gasteiger charge is 2.34. The number of aromatic nitrogens is 1. The number of amides is 1. The maximum absolute atomic E-state index is 13.1. The first-order valence-electron chi connectivity index (χ1n) is 7.67. The SMILES string of the molecule is NC[C@H]1CC[C@@H](C(=O)Nc2nc(-c3ccccc3C(F)(F)F)cs2)O1.